The van der Waals surface area contributed by atoms with Crippen LogP contribution in [0.4, 0.5) is 0 Å². The van der Waals surface area contributed by atoms with Crippen LogP contribution in [0.5, 0.6) is 0 Å². The Morgan fingerprint density at radius 1 is 0.854 bits per heavy atom. The Morgan fingerprint density at radius 2 is 1.56 bits per heavy atom. The van der Waals surface area contributed by atoms with Crippen LogP contribution in [0.15, 0.2) is 72.6 Å². The number of nitrogens with zero attached hydrogens (tertiary/aromatic N) is 1. The summed E-state index contributed by atoms with van der Waals surface area (Å²) in [5.41, 5.74) is 4.92. The number of hydrogen-bond donors (Lipinski definition) is 1. The number of carbonyl (C=O) groups is 1. The molecule has 0 spiro atoms. The summed E-state index contributed by atoms with van der Waals surface area (Å²) in [6.45, 7) is 16.3. The van der Waals surface area contributed by atoms with Gasteiger partial charge in [-0.05, 0) is 39.8 Å². The van der Waals surface area contributed by atoms with Crippen molar-refractivity contribution in [3.05, 3.63) is 89.8 Å². The fourth-order valence-corrected chi connectivity index (χ4v) is 6.11. The van der Waals surface area contributed by atoms with Crippen LogP contribution in [0.2, 0.25) is 0 Å². The van der Waals surface area contributed by atoms with E-state index in [4.69, 9.17) is 4.98 Å². The Morgan fingerprint density at radius 3 is 2.20 bits per heavy atom. The molecule has 3 nitrogen and oxygen atoms in total. The van der Waals surface area contributed by atoms with Crippen molar-refractivity contribution in [2.75, 3.05) is 0 Å². The molecule has 0 fully saturated rings. The van der Waals surface area contributed by atoms with Gasteiger partial charge >= 0.3 is 0 Å². The van der Waals surface area contributed by atoms with Crippen molar-refractivity contribution in [3.63, 3.8) is 0 Å². The van der Waals surface area contributed by atoms with Crippen molar-refractivity contribution in [1.82, 2.24) is 4.98 Å². The van der Waals surface area contributed by atoms with E-state index in [9.17, 15) is 9.90 Å². The minimum absolute atomic E-state index is 0. The first-order chi connectivity index (χ1) is 19.0. The van der Waals surface area contributed by atoms with Gasteiger partial charge in [0.2, 0.25) is 0 Å². The van der Waals surface area contributed by atoms with E-state index in [1.165, 1.54) is 48.1 Å². The van der Waals surface area contributed by atoms with Crippen LogP contribution in [-0.4, -0.2) is 15.9 Å². The van der Waals surface area contributed by atoms with Gasteiger partial charge in [-0.1, -0.05) is 97.2 Å². The molecular weight excluding hydrogens is 703 g/mol. The molecule has 0 saturated carbocycles. The molecule has 41 heavy (non-hydrogen) atoms. The number of aliphatic hydroxyl groups is 1. The largest absolute Gasteiger partial charge is 0.512 e. The average molecular weight is 743 g/mol. The summed E-state index contributed by atoms with van der Waals surface area (Å²) >= 11 is 1.87. The molecule has 1 N–H and O–H groups in total. The Kier molecular flexibility index (Phi) is 11.1. The fourth-order valence-electron chi connectivity index (χ4n) is 4.65. The number of ketones is 1. The first-order valence-electron chi connectivity index (χ1n) is 14.2. The van der Waals surface area contributed by atoms with Gasteiger partial charge in [-0.3, -0.25) is 4.79 Å². The molecule has 0 aliphatic rings. The average Bonchev–Trinajstić information content (AvgIpc) is 3.31. The number of hydrogen-bond acceptors (Lipinski definition) is 4. The third kappa shape index (κ3) is 7.14. The first-order valence-corrected chi connectivity index (χ1v) is 15.0. The van der Waals surface area contributed by atoms with E-state index in [-0.39, 0.29) is 43.5 Å². The number of carbonyl (C=O) groups excluding carboxylic acids is 1. The number of pyridine rings is 1. The monoisotopic (exact) mass is 743 g/mol. The molecule has 5 rings (SSSR count). The van der Waals surface area contributed by atoms with Crippen molar-refractivity contribution >= 4 is 48.1 Å². The van der Waals surface area contributed by atoms with E-state index in [1.54, 1.807) is 0 Å². The van der Waals surface area contributed by atoms with Crippen molar-refractivity contribution < 1.29 is 30.0 Å². The normalized spacial score (nSPS) is 12.0. The van der Waals surface area contributed by atoms with Gasteiger partial charge in [-0.25, -0.2) is 0 Å². The second-order valence-corrected chi connectivity index (χ2v) is 12.7. The predicted octanol–water partition coefficient (Wildman–Crippen LogP) is 10.6. The van der Waals surface area contributed by atoms with Crippen LogP contribution in [0.3, 0.4) is 0 Å². The molecule has 0 unspecified atom stereocenters. The second kappa shape index (κ2) is 13.9. The molecular formula is C36H40IrNO2S-. The minimum Gasteiger partial charge on any atom is -0.512 e. The quantitative estimate of drug-likeness (QED) is 0.107. The summed E-state index contributed by atoms with van der Waals surface area (Å²) < 4.78 is 2.64. The zero-order chi connectivity index (χ0) is 29.1. The SMILES string of the molecule is CC(C)C(=O)/C=C(\O)C(C)C.CC(C)c1ccc2c(-c3nccc4c3sc3c(C(C)C)cccc34)[c-]ccc2c1.[Ir]. The van der Waals surface area contributed by atoms with E-state index >= 15 is 0 Å². The Balaban J connectivity index is 0.000000331. The van der Waals surface area contributed by atoms with Gasteiger partial charge in [-0.15, -0.1) is 40.5 Å². The van der Waals surface area contributed by atoms with Crippen LogP contribution in [0.25, 0.3) is 42.2 Å². The molecule has 0 atom stereocenters. The van der Waals surface area contributed by atoms with Crippen LogP contribution >= 0.6 is 11.3 Å². The molecule has 2 aromatic heterocycles. The van der Waals surface area contributed by atoms with E-state index < -0.39 is 0 Å². The van der Waals surface area contributed by atoms with Gasteiger partial charge in [0.25, 0.3) is 0 Å². The van der Waals surface area contributed by atoms with Gasteiger partial charge in [0.15, 0.2) is 5.78 Å². The van der Waals surface area contributed by atoms with Crippen molar-refractivity contribution in [1.29, 1.82) is 0 Å². The summed E-state index contributed by atoms with van der Waals surface area (Å²) in [6, 6.07) is 23.3. The number of aromatic nitrogens is 1. The maximum Gasteiger partial charge on any atom is 0.161 e. The molecule has 0 amide bonds. The summed E-state index contributed by atoms with van der Waals surface area (Å²) in [5, 5.41) is 14.3. The maximum absolute atomic E-state index is 11.0. The zero-order valence-corrected chi connectivity index (χ0v) is 28.4. The topological polar surface area (TPSA) is 50.2 Å². The standard InChI is InChI=1S/C27H24NS.C9H16O2.Ir/c1-16(2)18-11-12-21-19(15-18)7-5-9-22(21)25-27-24(13-14-28-25)23-10-6-8-20(17(3)4)26(23)29-27;1-6(2)8(10)5-9(11)7(3)4;/h5-8,10-17H,1-4H3;5-7,10H,1-4H3;/q-1;;/b;8-5-;. The molecule has 0 saturated heterocycles. The molecule has 0 aliphatic carbocycles. The molecule has 0 bridgehead atoms. The molecule has 2 heterocycles. The van der Waals surface area contributed by atoms with Crippen molar-refractivity contribution in [2.45, 2.75) is 67.2 Å². The van der Waals surface area contributed by atoms with Crippen molar-refractivity contribution in [3.8, 4) is 11.3 Å². The summed E-state index contributed by atoms with van der Waals surface area (Å²) in [6.07, 6.45) is 3.26. The molecule has 217 valence electrons. The maximum atomic E-state index is 11.0. The van der Waals surface area contributed by atoms with Gasteiger partial charge in [0.05, 0.1) is 5.76 Å². The number of rotatable bonds is 6. The van der Waals surface area contributed by atoms with Crippen molar-refractivity contribution in [2.24, 2.45) is 11.8 Å². The van der Waals surface area contributed by atoms with Crippen LogP contribution in [0.1, 0.15) is 78.4 Å². The zero-order valence-electron chi connectivity index (χ0n) is 25.2. The van der Waals surface area contributed by atoms with E-state index in [2.05, 4.69) is 82.3 Å². The molecule has 0 aliphatic heterocycles. The van der Waals surface area contributed by atoms with Gasteiger partial charge < -0.3 is 10.1 Å². The Bertz CT molecular complexity index is 1690. The van der Waals surface area contributed by atoms with Crippen LogP contribution in [-0.2, 0) is 24.9 Å². The first kappa shape index (κ1) is 32.7. The molecule has 5 aromatic rings. The smallest absolute Gasteiger partial charge is 0.161 e. The van der Waals surface area contributed by atoms with Gasteiger partial charge in [0, 0.05) is 59.3 Å². The fraction of sp³-hybridized carbons (Fsp3) is 0.333. The third-order valence-corrected chi connectivity index (χ3v) is 8.53. The van der Waals surface area contributed by atoms with Crippen LogP contribution in [0, 0.1) is 17.9 Å². The summed E-state index contributed by atoms with van der Waals surface area (Å²) in [7, 11) is 0. The Hall–Kier alpha value is -2.85. The van der Waals surface area contributed by atoms with E-state index in [0.717, 1.165) is 11.3 Å². The summed E-state index contributed by atoms with van der Waals surface area (Å²) in [5.74, 6) is 1.18. The van der Waals surface area contributed by atoms with Gasteiger partial charge in [-0.2, -0.15) is 0 Å². The van der Waals surface area contributed by atoms with E-state index in [1.807, 2.05) is 51.3 Å². The minimum atomic E-state index is -0.0316. The number of benzene rings is 3. The number of thiophene rings is 1. The third-order valence-electron chi connectivity index (χ3n) is 7.26. The number of allylic oxidation sites excluding steroid dienone is 2. The van der Waals surface area contributed by atoms with E-state index in [0.29, 0.717) is 11.8 Å². The predicted molar refractivity (Wildman–Crippen MR) is 172 cm³/mol. The molecule has 5 heteroatoms. The number of aliphatic hydroxyl groups excluding tert-OH is 1. The molecule has 3 aromatic carbocycles. The summed E-state index contributed by atoms with van der Waals surface area (Å²) in [4.78, 5) is 15.9. The number of fused-ring (bicyclic) bond motifs is 4. The Labute approximate surface area is 262 Å². The molecule has 1 radical (unpaired) electrons. The second-order valence-electron chi connectivity index (χ2n) is 11.7. The van der Waals surface area contributed by atoms with Gasteiger partial charge in [0.1, 0.15) is 0 Å². The van der Waals surface area contributed by atoms with Crippen LogP contribution < -0.4 is 0 Å².